The van der Waals surface area contributed by atoms with Crippen molar-refractivity contribution in [2.75, 3.05) is 6.61 Å². The Morgan fingerprint density at radius 3 is 2.58 bits per heavy atom. The lowest BCUT2D eigenvalue weighted by Gasteiger charge is -2.82. The van der Waals surface area contributed by atoms with Crippen molar-refractivity contribution in [2.45, 2.75) is 70.4 Å². The van der Waals surface area contributed by atoms with Crippen LogP contribution in [-0.4, -0.2) is 51.6 Å². The molecule has 1 saturated heterocycles. The molecule has 1 aliphatic heterocycles. The number of fused-ring (bicyclic) bond motifs is 1. The largest absolute Gasteiger partial charge is 0.392 e. The molecule has 0 aromatic carbocycles. The fourth-order valence-corrected chi connectivity index (χ4v) is 7.58. The molecule has 0 amide bonds. The van der Waals surface area contributed by atoms with Gasteiger partial charge in [-0.25, -0.2) is 0 Å². The van der Waals surface area contributed by atoms with Gasteiger partial charge in [0.05, 0.1) is 29.8 Å². The van der Waals surface area contributed by atoms with Gasteiger partial charge in [0.2, 0.25) is 0 Å². The number of hydrogen-bond acceptors (Lipinski definition) is 5. The van der Waals surface area contributed by atoms with E-state index in [1.165, 1.54) is 0 Å². The summed E-state index contributed by atoms with van der Waals surface area (Å²) in [5.41, 5.74) is -1.37. The van der Waals surface area contributed by atoms with Crippen molar-refractivity contribution >= 4 is 5.78 Å². The predicted molar refractivity (Wildman–Crippen MR) is 85.0 cm³/mol. The quantitative estimate of drug-likeness (QED) is 0.574. The molecule has 0 bridgehead atoms. The number of hydrogen-bond donors (Lipinski definition) is 3. The van der Waals surface area contributed by atoms with Gasteiger partial charge in [-0.05, 0) is 38.7 Å². The topological polar surface area (TPSA) is 87.0 Å². The second kappa shape index (κ2) is 3.98. The second-order valence-electron chi connectivity index (χ2n) is 9.20. The maximum absolute atomic E-state index is 13.3. The minimum atomic E-state index is -1.22. The van der Waals surface area contributed by atoms with Gasteiger partial charge >= 0.3 is 0 Å². The lowest BCUT2D eigenvalue weighted by Crippen LogP contribution is -2.87. The summed E-state index contributed by atoms with van der Waals surface area (Å²) in [6.07, 6.45) is 0.231. The van der Waals surface area contributed by atoms with Crippen molar-refractivity contribution in [3.63, 3.8) is 0 Å². The van der Waals surface area contributed by atoms with Crippen LogP contribution in [0.1, 0.15) is 46.5 Å². The third-order valence-corrected chi connectivity index (χ3v) is 8.96. The van der Waals surface area contributed by atoms with E-state index >= 15 is 0 Å². The summed E-state index contributed by atoms with van der Waals surface area (Å²) >= 11 is 0. The number of aliphatic hydroxyl groups excluding tert-OH is 2. The molecule has 0 aromatic heterocycles. The molecule has 4 aliphatic carbocycles. The number of ether oxygens (including phenoxy) is 1. The first-order valence-corrected chi connectivity index (χ1v) is 9.10. The molecule has 5 aliphatic rings. The highest BCUT2D eigenvalue weighted by Crippen LogP contribution is 2.83. The Hall–Kier alpha value is -0.750. The first-order valence-electron chi connectivity index (χ1n) is 9.10. The van der Waals surface area contributed by atoms with E-state index in [2.05, 4.69) is 0 Å². The van der Waals surface area contributed by atoms with Gasteiger partial charge in [-0.3, -0.25) is 4.79 Å². The zero-order chi connectivity index (χ0) is 17.3. The minimum Gasteiger partial charge on any atom is -0.392 e. The molecule has 0 aromatic rings. The van der Waals surface area contributed by atoms with Crippen LogP contribution in [-0.2, 0) is 9.53 Å². The van der Waals surface area contributed by atoms with E-state index in [1.807, 2.05) is 20.8 Å². The summed E-state index contributed by atoms with van der Waals surface area (Å²) in [4.78, 5) is 13.3. The third kappa shape index (κ3) is 1.14. The van der Waals surface area contributed by atoms with Crippen molar-refractivity contribution in [2.24, 2.45) is 22.2 Å². The van der Waals surface area contributed by atoms with Crippen LogP contribution in [0.4, 0.5) is 0 Å². The summed E-state index contributed by atoms with van der Waals surface area (Å²) < 4.78 is 5.70. The van der Waals surface area contributed by atoms with E-state index in [0.717, 1.165) is 11.1 Å². The maximum Gasteiger partial charge on any atom is 0.174 e. The molecule has 1 spiro atoms. The number of aliphatic hydroxyl groups is 3. The lowest BCUT2D eigenvalue weighted by atomic mass is 9.22. The summed E-state index contributed by atoms with van der Waals surface area (Å²) in [6.45, 7) is 6.40. The number of carbonyl (C=O) groups is 1. The molecule has 5 rings (SSSR count). The molecule has 5 heteroatoms. The van der Waals surface area contributed by atoms with Crippen molar-refractivity contribution in [3.05, 3.63) is 11.1 Å². The maximum atomic E-state index is 13.3. The molecule has 8 atom stereocenters. The lowest BCUT2D eigenvalue weighted by molar-refractivity contribution is -0.385. The Bertz CT molecular complexity index is 700. The van der Waals surface area contributed by atoms with E-state index in [4.69, 9.17) is 4.74 Å². The number of Topliss-reactive ketones (excluding diaryl/α,β-unsaturated/α-hetero) is 1. The van der Waals surface area contributed by atoms with E-state index in [-0.39, 0.29) is 17.8 Å². The van der Waals surface area contributed by atoms with Crippen LogP contribution < -0.4 is 0 Å². The average molecular weight is 334 g/mol. The van der Waals surface area contributed by atoms with Crippen molar-refractivity contribution in [1.82, 2.24) is 0 Å². The van der Waals surface area contributed by atoms with Crippen LogP contribution in [0.2, 0.25) is 0 Å². The molecule has 24 heavy (non-hydrogen) atoms. The van der Waals surface area contributed by atoms with Crippen LogP contribution in [0.25, 0.3) is 0 Å². The molecule has 4 fully saturated rings. The zero-order valence-corrected chi connectivity index (χ0v) is 14.5. The number of ketones is 1. The number of carbonyl (C=O) groups excluding carboxylic acids is 1. The highest BCUT2D eigenvalue weighted by atomic mass is 16.5. The average Bonchev–Trinajstić information content (AvgIpc) is 2.50. The van der Waals surface area contributed by atoms with E-state index in [1.54, 1.807) is 0 Å². The van der Waals surface area contributed by atoms with Gasteiger partial charge in [-0.2, -0.15) is 0 Å². The van der Waals surface area contributed by atoms with E-state index in [9.17, 15) is 20.1 Å². The minimum absolute atomic E-state index is 0.0408. The Labute approximate surface area is 141 Å². The van der Waals surface area contributed by atoms with Crippen LogP contribution in [0.15, 0.2) is 11.1 Å². The van der Waals surface area contributed by atoms with Gasteiger partial charge in [0.25, 0.3) is 0 Å². The molecule has 8 unspecified atom stereocenters. The van der Waals surface area contributed by atoms with Crippen molar-refractivity contribution in [1.29, 1.82) is 0 Å². The molecule has 5 nitrogen and oxygen atoms in total. The molecule has 3 saturated carbocycles. The smallest absolute Gasteiger partial charge is 0.174 e. The normalized spacial score (nSPS) is 61.3. The standard InChI is InChI=1S/C19H26O5/c1-9-4-5-18(23)8-19-10-7-24-11(10)6-12(20)16(19,2)15(22)14(21)13(9)17(18,19)3/h10-12,14,20-21,23H,4-8H2,1-3H3. The number of allylic oxidation sites excluding steroid dienone is 1. The Kier molecular flexibility index (Phi) is 2.57. The second-order valence-corrected chi connectivity index (χ2v) is 9.20. The zero-order valence-electron chi connectivity index (χ0n) is 14.5. The molecule has 132 valence electrons. The molecule has 3 N–H and O–H groups in total. The third-order valence-electron chi connectivity index (χ3n) is 8.96. The van der Waals surface area contributed by atoms with Crippen LogP contribution >= 0.6 is 0 Å². The summed E-state index contributed by atoms with van der Waals surface area (Å²) in [5.74, 6) is -0.107. The monoisotopic (exact) mass is 334 g/mol. The molecular weight excluding hydrogens is 308 g/mol. The van der Waals surface area contributed by atoms with Gasteiger partial charge in [-0.15, -0.1) is 0 Å². The highest BCUT2D eigenvalue weighted by Gasteiger charge is 2.87. The summed E-state index contributed by atoms with van der Waals surface area (Å²) in [5, 5.41) is 33.2. The van der Waals surface area contributed by atoms with E-state index < -0.39 is 34.1 Å². The summed E-state index contributed by atoms with van der Waals surface area (Å²) in [7, 11) is 0. The fourth-order valence-electron chi connectivity index (χ4n) is 7.58. The molecule has 1 heterocycles. The van der Waals surface area contributed by atoms with Crippen LogP contribution in [0.3, 0.4) is 0 Å². The van der Waals surface area contributed by atoms with Crippen molar-refractivity contribution in [3.8, 4) is 0 Å². The predicted octanol–water partition coefficient (Wildman–Crippen LogP) is 0.954. The summed E-state index contributed by atoms with van der Waals surface area (Å²) in [6, 6.07) is 0. The molecular formula is C19H26O5. The fraction of sp³-hybridized carbons (Fsp3) is 0.842. The van der Waals surface area contributed by atoms with Gasteiger partial charge in [0, 0.05) is 23.2 Å². The SMILES string of the molecule is CC1=C2C(O)C(=O)C3(C)C(O)CC4OCC4C34CC(O)(CC1)C24C. The van der Waals surface area contributed by atoms with Crippen LogP contribution in [0, 0.1) is 22.2 Å². The Morgan fingerprint density at radius 1 is 1.25 bits per heavy atom. The first kappa shape index (κ1) is 15.5. The molecule has 0 radical (unpaired) electrons. The van der Waals surface area contributed by atoms with Gasteiger partial charge in [0.15, 0.2) is 5.78 Å². The highest BCUT2D eigenvalue weighted by molar-refractivity contribution is 5.96. The number of rotatable bonds is 0. The van der Waals surface area contributed by atoms with Gasteiger partial charge in [-0.1, -0.05) is 12.5 Å². The van der Waals surface area contributed by atoms with Crippen LogP contribution in [0.5, 0.6) is 0 Å². The Morgan fingerprint density at radius 2 is 1.96 bits per heavy atom. The van der Waals surface area contributed by atoms with Crippen molar-refractivity contribution < 1.29 is 24.9 Å². The first-order chi connectivity index (χ1) is 11.1. The van der Waals surface area contributed by atoms with Gasteiger partial charge < -0.3 is 20.1 Å². The Balaban J connectivity index is 1.83. The van der Waals surface area contributed by atoms with E-state index in [0.29, 0.717) is 32.3 Å². The van der Waals surface area contributed by atoms with Gasteiger partial charge in [0.1, 0.15) is 6.10 Å².